The topological polar surface area (TPSA) is 39.2 Å². The molecule has 0 radical (unpaired) electrons. The van der Waals surface area contributed by atoms with E-state index in [2.05, 4.69) is 6.92 Å². The molecule has 0 atom stereocenters. The number of hydrogen-bond donors (Lipinski definition) is 1. The first-order valence-electron chi connectivity index (χ1n) is 6.61. The van der Waals surface area contributed by atoms with Crippen molar-refractivity contribution in [2.75, 3.05) is 0 Å². The first-order valence-corrected chi connectivity index (χ1v) is 6.61. The molecule has 0 saturated heterocycles. The first kappa shape index (κ1) is 10.4. The van der Waals surface area contributed by atoms with Gasteiger partial charge in [-0.1, -0.05) is 19.3 Å². The molecule has 0 unspecified atom stereocenters. The number of furan rings is 1. The van der Waals surface area contributed by atoms with E-state index in [0.717, 1.165) is 25.0 Å². The van der Waals surface area contributed by atoms with Crippen molar-refractivity contribution in [1.82, 2.24) is 0 Å². The Morgan fingerprint density at radius 3 is 2.56 bits per heavy atom. The Morgan fingerprint density at radius 1 is 1.06 bits per heavy atom. The van der Waals surface area contributed by atoms with Crippen LogP contribution in [0.1, 0.15) is 61.2 Å². The largest absolute Gasteiger partial charge is 0.466 e. The monoisotopic (exact) mass is 219 g/mol. The zero-order valence-corrected chi connectivity index (χ0v) is 10.1. The maximum absolute atomic E-state index is 6.64. The number of rotatable bonds is 1. The summed E-state index contributed by atoms with van der Waals surface area (Å²) in [5.74, 6) is 2.32. The summed E-state index contributed by atoms with van der Waals surface area (Å²) < 4.78 is 5.90. The summed E-state index contributed by atoms with van der Waals surface area (Å²) in [7, 11) is 0. The minimum Gasteiger partial charge on any atom is -0.466 e. The fourth-order valence-corrected chi connectivity index (χ4v) is 3.63. The van der Waals surface area contributed by atoms with Gasteiger partial charge in [-0.3, -0.25) is 0 Å². The first-order chi connectivity index (χ1) is 7.71. The van der Waals surface area contributed by atoms with Gasteiger partial charge in [-0.2, -0.15) is 0 Å². The van der Waals surface area contributed by atoms with Gasteiger partial charge in [0.15, 0.2) is 0 Å². The van der Waals surface area contributed by atoms with Gasteiger partial charge in [0, 0.05) is 17.5 Å². The molecule has 2 N–H and O–H groups in total. The zero-order chi connectivity index (χ0) is 11.2. The van der Waals surface area contributed by atoms with Crippen LogP contribution in [0.15, 0.2) is 4.42 Å². The molecule has 0 aromatic carbocycles. The van der Waals surface area contributed by atoms with Gasteiger partial charge in [0.05, 0.1) is 0 Å². The van der Waals surface area contributed by atoms with Crippen molar-refractivity contribution < 1.29 is 4.42 Å². The molecule has 2 heteroatoms. The van der Waals surface area contributed by atoms with Crippen molar-refractivity contribution in [3.8, 4) is 0 Å². The van der Waals surface area contributed by atoms with Crippen LogP contribution in [0, 0.1) is 6.92 Å². The summed E-state index contributed by atoms with van der Waals surface area (Å²) in [6.07, 6.45) is 9.72. The molecular formula is C14H21NO. The molecule has 3 rings (SSSR count). The second kappa shape index (κ2) is 3.63. The maximum atomic E-state index is 6.64. The lowest BCUT2D eigenvalue weighted by Crippen LogP contribution is -2.39. The smallest absolute Gasteiger partial charge is 0.107 e. The maximum Gasteiger partial charge on any atom is 0.107 e. The number of hydrogen-bond acceptors (Lipinski definition) is 2. The highest BCUT2D eigenvalue weighted by Gasteiger charge is 2.37. The van der Waals surface area contributed by atoms with Crippen molar-refractivity contribution in [3.63, 3.8) is 0 Å². The molecule has 1 aromatic rings. The van der Waals surface area contributed by atoms with Crippen LogP contribution < -0.4 is 5.73 Å². The van der Waals surface area contributed by atoms with Crippen LogP contribution in [0.4, 0.5) is 0 Å². The summed E-state index contributed by atoms with van der Waals surface area (Å²) in [5.41, 5.74) is 9.39. The highest BCUT2D eigenvalue weighted by molar-refractivity contribution is 5.41. The summed E-state index contributed by atoms with van der Waals surface area (Å²) >= 11 is 0. The van der Waals surface area contributed by atoms with Crippen LogP contribution in [0.3, 0.4) is 0 Å². The van der Waals surface area contributed by atoms with Crippen LogP contribution in [0.25, 0.3) is 0 Å². The standard InChI is InChI=1S/C14H21NO/c1-10-13(11-6-5-7-12(11)16-10)14(15)8-3-2-4-9-14/h2-9,15H2,1H3. The number of fused-ring (bicyclic) bond motifs is 1. The predicted octanol–water partition coefficient (Wildman–Crippen LogP) is 3.19. The van der Waals surface area contributed by atoms with Crippen molar-refractivity contribution in [2.45, 2.75) is 63.8 Å². The molecule has 0 bridgehead atoms. The third-order valence-electron chi connectivity index (χ3n) is 4.34. The second-order valence-electron chi connectivity index (χ2n) is 5.51. The molecule has 1 heterocycles. The summed E-state index contributed by atoms with van der Waals surface area (Å²) in [4.78, 5) is 0. The van der Waals surface area contributed by atoms with Crippen LogP contribution >= 0.6 is 0 Å². The summed E-state index contributed by atoms with van der Waals surface area (Å²) in [5, 5.41) is 0. The van der Waals surface area contributed by atoms with E-state index in [-0.39, 0.29) is 5.54 Å². The summed E-state index contributed by atoms with van der Waals surface area (Å²) in [6, 6.07) is 0. The fourth-order valence-electron chi connectivity index (χ4n) is 3.63. The fraction of sp³-hybridized carbons (Fsp3) is 0.714. The van der Waals surface area contributed by atoms with Crippen LogP contribution in [-0.4, -0.2) is 0 Å². The Kier molecular flexibility index (Phi) is 2.36. The SMILES string of the molecule is Cc1oc2c(c1C1(N)CCCCC1)CCC2. The molecule has 1 saturated carbocycles. The van der Waals surface area contributed by atoms with Gasteiger partial charge in [0.25, 0.3) is 0 Å². The van der Waals surface area contributed by atoms with Gasteiger partial charge < -0.3 is 10.2 Å². The van der Waals surface area contributed by atoms with Crippen molar-refractivity contribution in [1.29, 1.82) is 0 Å². The van der Waals surface area contributed by atoms with Gasteiger partial charge in [0.2, 0.25) is 0 Å². The van der Waals surface area contributed by atoms with E-state index in [9.17, 15) is 0 Å². The highest BCUT2D eigenvalue weighted by atomic mass is 16.3. The molecule has 0 aliphatic heterocycles. The third-order valence-corrected chi connectivity index (χ3v) is 4.34. The minimum atomic E-state index is -0.0796. The summed E-state index contributed by atoms with van der Waals surface area (Å²) in [6.45, 7) is 2.09. The average molecular weight is 219 g/mol. The van der Waals surface area contributed by atoms with Gasteiger partial charge in [-0.05, 0) is 38.2 Å². The quantitative estimate of drug-likeness (QED) is 0.787. The van der Waals surface area contributed by atoms with Crippen LogP contribution in [-0.2, 0) is 18.4 Å². The van der Waals surface area contributed by atoms with E-state index in [1.807, 2.05) is 0 Å². The van der Waals surface area contributed by atoms with E-state index in [1.54, 1.807) is 0 Å². The second-order valence-corrected chi connectivity index (χ2v) is 5.51. The predicted molar refractivity (Wildman–Crippen MR) is 64.4 cm³/mol. The van der Waals surface area contributed by atoms with Crippen molar-refractivity contribution >= 4 is 0 Å². The number of nitrogens with two attached hydrogens (primary N) is 1. The average Bonchev–Trinajstić information content (AvgIpc) is 2.77. The minimum absolute atomic E-state index is 0.0796. The Morgan fingerprint density at radius 2 is 1.81 bits per heavy atom. The lowest BCUT2D eigenvalue weighted by Gasteiger charge is -2.34. The van der Waals surface area contributed by atoms with Crippen molar-refractivity contribution in [3.05, 3.63) is 22.6 Å². The van der Waals surface area contributed by atoms with E-state index >= 15 is 0 Å². The van der Waals surface area contributed by atoms with E-state index in [1.165, 1.54) is 49.0 Å². The normalized spacial score (nSPS) is 23.4. The molecule has 2 aliphatic carbocycles. The highest BCUT2D eigenvalue weighted by Crippen LogP contribution is 2.42. The lowest BCUT2D eigenvalue weighted by atomic mass is 9.76. The Bertz CT molecular complexity index is 399. The molecule has 0 amide bonds. The van der Waals surface area contributed by atoms with Crippen LogP contribution in [0.5, 0.6) is 0 Å². The molecular weight excluding hydrogens is 198 g/mol. The lowest BCUT2D eigenvalue weighted by molar-refractivity contribution is 0.296. The molecule has 2 nitrogen and oxygen atoms in total. The molecule has 2 aliphatic rings. The number of aryl methyl sites for hydroxylation is 2. The Hall–Kier alpha value is -0.760. The van der Waals surface area contributed by atoms with Gasteiger partial charge in [-0.15, -0.1) is 0 Å². The van der Waals surface area contributed by atoms with E-state index in [0.29, 0.717) is 0 Å². The molecule has 1 fully saturated rings. The molecule has 16 heavy (non-hydrogen) atoms. The van der Waals surface area contributed by atoms with E-state index < -0.39 is 0 Å². The molecule has 0 spiro atoms. The van der Waals surface area contributed by atoms with Gasteiger partial charge in [0.1, 0.15) is 11.5 Å². The molecule has 1 aromatic heterocycles. The molecule has 88 valence electrons. The van der Waals surface area contributed by atoms with E-state index in [4.69, 9.17) is 10.2 Å². The van der Waals surface area contributed by atoms with Crippen LogP contribution in [0.2, 0.25) is 0 Å². The van der Waals surface area contributed by atoms with Gasteiger partial charge in [-0.25, -0.2) is 0 Å². The van der Waals surface area contributed by atoms with Gasteiger partial charge >= 0.3 is 0 Å². The zero-order valence-electron chi connectivity index (χ0n) is 10.1. The van der Waals surface area contributed by atoms with Crippen molar-refractivity contribution in [2.24, 2.45) is 5.73 Å². The Balaban J connectivity index is 2.04. The third kappa shape index (κ3) is 1.43. The Labute approximate surface area is 97.2 Å².